The van der Waals surface area contributed by atoms with Crippen LogP contribution in [0.2, 0.25) is 0 Å². The van der Waals surface area contributed by atoms with Crippen LogP contribution in [0.4, 0.5) is 0 Å². The van der Waals surface area contributed by atoms with Crippen LogP contribution >= 0.6 is 0 Å². The van der Waals surface area contributed by atoms with Gasteiger partial charge < -0.3 is 0 Å². The van der Waals surface area contributed by atoms with Crippen LogP contribution in [-0.4, -0.2) is 5.78 Å². The molecule has 0 radical (unpaired) electrons. The van der Waals surface area contributed by atoms with Crippen LogP contribution in [0.15, 0.2) is 11.6 Å². The van der Waals surface area contributed by atoms with E-state index in [0.717, 1.165) is 42.9 Å². The highest BCUT2D eigenvalue weighted by atomic mass is 16.1. The molecule has 0 amide bonds. The van der Waals surface area contributed by atoms with Crippen molar-refractivity contribution >= 4 is 5.78 Å². The minimum atomic E-state index is 0.373. The molecule has 1 nitrogen and oxygen atoms in total. The molecule has 0 bridgehead atoms. The lowest BCUT2D eigenvalue weighted by atomic mass is 9.51. The van der Waals surface area contributed by atoms with E-state index in [1.165, 1.54) is 50.5 Å². The van der Waals surface area contributed by atoms with Crippen LogP contribution in [0, 0.1) is 41.4 Å². The third-order valence-electron chi connectivity index (χ3n) is 7.28. The monoisotopic (exact) mass is 282 g/mol. The van der Waals surface area contributed by atoms with E-state index in [0.29, 0.717) is 11.2 Å². The lowest BCUT2D eigenvalue weighted by molar-refractivity contribution is -0.116. The largest absolute Gasteiger partial charge is 0.295 e. The maximum Gasteiger partial charge on any atom is 0.155 e. The van der Waals surface area contributed by atoms with Crippen molar-refractivity contribution in [1.29, 1.82) is 0 Å². The number of hydrogen-bond donors (Lipinski definition) is 0. The van der Waals surface area contributed by atoms with E-state index < -0.39 is 0 Å². The molecule has 0 aliphatic heterocycles. The lowest BCUT2D eigenvalue weighted by Crippen LogP contribution is -2.45. The summed E-state index contributed by atoms with van der Waals surface area (Å²) in [7, 11) is 0. The van der Waals surface area contributed by atoms with E-state index in [-0.39, 0.29) is 0 Å². The first-order chi connectivity index (χ1) is 10.2. The van der Waals surface area contributed by atoms with Crippen LogP contribution in [0.5, 0.6) is 0 Å². The zero-order chi connectivity index (χ0) is 14.4. The molecule has 21 heavy (non-hydrogen) atoms. The van der Waals surface area contributed by atoms with Gasteiger partial charge >= 0.3 is 0 Å². The Kier molecular flexibility index (Phi) is 3.25. The number of carbonyl (C=O) groups excluding carboxylic acids is 1. The molecular weight excluding hydrogens is 256 g/mol. The minimum absolute atomic E-state index is 0.373. The molecule has 3 saturated carbocycles. The lowest BCUT2D eigenvalue weighted by Gasteiger charge is -2.53. The Morgan fingerprint density at radius 2 is 2.05 bits per heavy atom. The fraction of sp³-hybridized carbons (Fsp3) is 0.750. The molecule has 0 saturated heterocycles. The van der Waals surface area contributed by atoms with Crippen molar-refractivity contribution in [2.45, 2.75) is 64.2 Å². The van der Waals surface area contributed by atoms with Crippen molar-refractivity contribution in [1.82, 2.24) is 0 Å². The van der Waals surface area contributed by atoms with Gasteiger partial charge in [-0.05, 0) is 80.1 Å². The van der Waals surface area contributed by atoms with Crippen LogP contribution in [0.3, 0.4) is 0 Å². The highest BCUT2D eigenvalue weighted by Gasteiger charge is 2.53. The molecule has 112 valence electrons. The van der Waals surface area contributed by atoms with Crippen LogP contribution in [0.25, 0.3) is 0 Å². The summed E-state index contributed by atoms with van der Waals surface area (Å²) in [6.07, 6.45) is 20.0. The zero-order valence-electron chi connectivity index (χ0n) is 12.9. The Labute approximate surface area is 128 Å². The van der Waals surface area contributed by atoms with Crippen LogP contribution in [-0.2, 0) is 4.79 Å². The van der Waals surface area contributed by atoms with E-state index in [1.54, 1.807) is 0 Å². The maximum absolute atomic E-state index is 11.7. The van der Waals surface area contributed by atoms with E-state index in [1.807, 2.05) is 6.08 Å². The molecule has 1 heteroatoms. The molecule has 0 heterocycles. The average Bonchev–Trinajstić information content (AvgIpc) is 2.90. The van der Waals surface area contributed by atoms with Crippen molar-refractivity contribution in [3.05, 3.63) is 11.6 Å². The van der Waals surface area contributed by atoms with Gasteiger partial charge in [0.2, 0.25) is 0 Å². The number of hydrogen-bond acceptors (Lipinski definition) is 1. The maximum atomic E-state index is 11.7. The third-order valence-corrected chi connectivity index (χ3v) is 7.28. The first-order valence-corrected chi connectivity index (χ1v) is 8.90. The summed E-state index contributed by atoms with van der Waals surface area (Å²) >= 11 is 0. The molecular formula is C20H26O. The number of allylic oxidation sites excluding steroid dienone is 1. The van der Waals surface area contributed by atoms with E-state index in [4.69, 9.17) is 6.42 Å². The van der Waals surface area contributed by atoms with Gasteiger partial charge in [0.25, 0.3) is 0 Å². The topological polar surface area (TPSA) is 17.1 Å². The van der Waals surface area contributed by atoms with Crippen molar-refractivity contribution < 1.29 is 4.79 Å². The first kappa shape index (κ1) is 13.6. The molecule has 3 fully saturated rings. The van der Waals surface area contributed by atoms with Gasteiger partial charge in [0.15, 0.2) is 5.78 Å². The Morgan fingerprint density at radius 3 is 2.90 bits per heavy atom. The van der Waals surface area contributed by atoms with Gasteiger partial charge in [-0.1, -0.05) is 12.0 Å². The highest BCUT2D eigenvalue weighted by molar-refractivity contribution is 5.91. The molecule has 0 N–H and O–H groups in total. The molecule has 0 unspecified atom stereocenters. The quantitative estimate of drug-likeness (QED) is 0.646. The number of terminal acetylenes is 1. The summed E-state index contributed by atoms with van der Waals surface area (Å²) in [4.78, 5) is 11.7. The summed E-state index contributed by atoms with van der Waals surface area (Å²) in [5.74, 6) is 6.73. The Bertz CT molecular complexity index is 522. The van der Waals surface area contributed by atoms with Gasteiger partial charge in [0, 0.05) is 12.8 Å². The Morgan fingerprint density at radius 1 is 1.14 bits per heavy atom. The number of rotatable bonds is 1. The molecule has 0 aromatic rings. The molecule has 0 aromatic carbocycles. The second-order valence-corrected chi connectivity index (χ2v) is 7.98. The summed E-state index contributed by atoms with van der Waals surface area (Å²) in [5, 5.41) is 0. The van der Waals surface area contributed by atoms with Gasteiger partial charge in [-0.25, -0.2) is 0 Å². The van der Waals surface area contributed by atoms with E-state index in [9.17, 15) is 4.79 Å². The minimum Gasteiger partial charge on any atom is -0.295 e. The molecule has 5 atom stereocenters. The molecule has 4 aliphatic carbocycles. The normalized spacial score (nSPS) is 45.1. The summed E-state index contributed by atoms with van der Waals surface area (Å²) in [6.45, 7) is 0. The number of fused-ring (bicyclic) bond motifs is 5. The first-order valence-electron chi connectivity index (χ1n) is 8.90. The Hall–Kier alpha value is -1.03. The fourth-order valence-corrected chi connectivity index (χ4v) is 6.49. The highest BCUT2D eigenvalue weighted by Crippen LogP contribution is 2.62. The third kappa shape index (κ3) is 2.02. The number of ketones is 1. The summed E-state index contributed by atoms with van der Waals surface area (Å²) in [5.41, 5.74) is 1.98. The standard InChI is InChI=1S/C20H26O/c1-2-10-20-11-3-4-19(20)18-7-5-14-13-15(21)6-8-16(14)17(18)9-12-20/h1,13,16-19H,3-12H2/t16-,17+,18+,19-,20-/m0/s1. The van der Waals surface area contributed by atoms with Crippen LogP contribution in [0.1, 0.15) is 64.2 Å². The second kappa shape index (κ2) is 5.01. The van der Waals surface area contributed by atoms with Crippen molar-refractivity contribution in [3.63, 3.8) is 0 Å². The second-order valence-electron chi connectivity index (χ2n) is 7.98. The van der Waals surface area contributed by atoms with Crippen molar-refractivity contribution in [2.24, 2.45) is 29.1 Å². The predicted molar refractivity (Wildman–Crippen MR) is 84.5 cm³/mol. The van der Waals surface area contributed by atoms with Gasteiger partial charge in [-0.15, -0.1) is 12.3 Å². The van der Waals surface area contributed by atoms with Gasteiger partial charge in [-0.3, -0.25) is 4.79 Å². The van der Waals surface area contributed by atoms with Crippen LogP contribution < -0.4 is 0 Å². The SMILES string of the molecule is C#CC[C@@]12CCC[C@H]1[C@@H]1CCC3=CC(=O)CC[C@@H]3[C@H]1CC2. The van der Waals surface area contributed by atoms with Gasteiger partial charge in [-0.2, -0.15) is 0 Å². The van der Waals surface area contributed by atoms with Gasteiger partial charge in [0.1, 0.15) is 0 Å². The van der Waals surface area contributed by atoms with Crippen molar-refractivity contribution in [3.8, 4) is 12.3 Å². The molecule has 4 aliphatic rings. The molecule has 0 spiro atoms. The molecule has 4 rings (SSSR count). The van der Waals surface area contributed by atoms with Gasteiger partial charge in [0.05, 0.1) is 0 Å². The summed E-state index contributed by atoms with van der Waals surface area (Å²) < 4.78 is 0. The van der Waals surface area contributed by atoms with E-state index >= 15 is 0 Å². The smallest absolute Gasteiger partial charge is 0.155 e. The molecule has 0 aromatic heterocycles. The van der Waals surface area contributed by atoms with Crippen molar-refractivity contribution in [2.75, 3.05) is 0 Å². The Balaban J connectivity index is 1.62. The zero-order valence-corrected chi connectivity index (χ0v) is 12.9. The van der Waals surface area contributed by atoms with E-state index in [2.05, 4.69) is 5.92 Å². The summed E-state index contributed by atoms with van der Waals surface area (Å²) in [6, 6.07) is 0. The number of carbonyl (C=O) groups is 1. The fourth-order valence-electron chi connectivity index (χ4n) is 6.49. The average molecular weight is 282 g/mol. The predicted octanol–water partition coefficient (Wildman–Crippen LogP) is 4.52.